The van der Waals surface area contributed by atoms with Crippen molar-refractivity contribution < 1.29 is 47.9 Å². The molecule has 0 saturated carbocycles. The number of aldehydes is 1. The Morgan fingerprint density at radius 3 is 1.74 bits per heavy atom. The molecule has 7 aliphatic rings. The minimum absolute atomic E-state index is 0. The number of carbonyl (C=O) groups is 3. The molecular weight excluding hydrogens is 789 g/mol. The third kappa shape index (κ3) is 7.59. The SMILES string of the molecule is C.C.CC(C)(C)[C@@H]1OC[C@]2(C=O)N1C(=O)[C@@H]1CC(OCc3ccccc3)O[C@@]12C.CC(C)(C)[C@@H]1OC[C@]2([C@@H](O)[C@@H]3C=CCCC3)N1C(=O)[C@@H]1CC(OCc3ccccc3)O[C@@]12C. The lowest BCUT2D eigenvalue weighted by Gasteiger charge is -2.48. The van der Waals surface area contributed by atoms with Gasteiger partial charge in [-0.05, 0) is 44.2 Å². The molecule has 12 heteroatoms. The van der Waals surface area contributed by atoms with Gasteiger partial charge in [0.2, 0.25) is 11.8 Å². The van der Waals surface area contributed by atoms with Crippen molar-refractivity contribution >= 4 is 18.1 Å². The van der Waals surface area contributed by atoms with Crippen LogP contribution in [0.15, 0.2) is 72.8 Å². The van der Waals surface area contributed by atoms with Crippen molar-refractivity contribution in [2.45, 2.75) is 169 Å². The quantitative estimate of drug-likeness (QED) is 0.197. The van der Waals surface area contributed by atoms with Crippen LogP contribution in [-0.2, 0) is 56.0 Å². The highest BCUT2D eigenvalue weighted by atomic mass is 16.7. The summed E-state index contributed by atoms with van der Waals surface area (Å²) < 4.78 is 37.1. The smallest absolute Gasteiger partial charge is 0.231 e. The van der Waals surface area contributed by atoms with E-state index in [0.717, 1.165) is 36.7 Å². The molecule has 12 atom stereocenters. The lowest BCUT2D eigenvalue weighted by Crippen LogP contribution is -2.67. The molecule has 62 heavy (non-hydrogen) atoms. The van der Waals surface area contributed by atoms with Crippen LogP contribution < -0.4 is 0 Å². The molecule has 6 aliphatic heterocycles. The van der Waals surface area contributed by atoms with Gasteiger partial charge < -0.3 is 43.2 Å². The molecular formula is C50H72N2O10. The van der Waals surface area contributed by atoms with Crippen LogP contribution in [0.2, 0.25) is 0 Å². The van der Waals surface area contributed by atoms with E-state index in [9.17, 15) is 19.5 Å². The predicted octanol–water partition coefficient (Wildman–Crippen LogP) is 7.80. The Morgan fingerprint density at radius 2 is 1.24 bits per heavy atom. The van der Waals surface area contributed by atoms with Crippen molar-refractivity contribution in [1.29, 1.82) is 0 Å². The summed E-state index contributed by atoms with van der Waals surface area (Å²) in [6.45, 7) is 17.4. The summed E-state index contributed by atoms with van der Waals surface area (Å²) in [5.41, 5.74) is -2.35. The summed E-state index contributed by atoms with van der Waals surface area (Å²) in [6.07, 6.45) is 6.39. The minimum Gasteiger partial charge on any atom is -0.390 e. The standard InChI is InChI=1S/C27H37NO5.C21H27NO5.2CH4/c1-25(2,3)24-28-23(30)20-15-21(31-16-18-11-7-5-8-12-18)33-26(20,4)27(28,17-32-24)22(29)19-13-9-6-10-14-19;1-19(2,3)18-22-17(24)15-10-16(25-11-14-8-6-5-7-9-14)27-20(15,4)21(22,12-23)13-26-18;;/h5,7-9,11-13,19-22,24,29H,6,10,14-17H2,1-4H3;5-9,12,15-16,18H,10-11,13H2,1-4H3;2*1H4/t19-,20+,21?,22+,24+,26+,27-;15-,16?,18-,20-,21-;;/m10../s1. The molecule has 2 aromatic rings. The Morgan fingerprint density at radius 1 is 0.758 bits per heavy atom. The molecule has 1 aliphatic carbocycles. The van der Waals surface area contributed by atoms with Crippen molar-refractivity contribution in [1.82, 2.24) is 9.80 Å². The number of rotatable bonds is 9. The monoisotopic (exact) mass is 861 g/mol. The zero-order valence-electron chi connectivity index (χ0n) is 36.5. The molecule has 342 valence electrons. The van der Waals surface area contributed by atoms with E-state index in [-0.39, 0.29) is 62.5 Å². The molecule has 0 bridgehead atoms. The van der Waals surface area contributed by atoms with E-state index in [4.69, 9.17) is 28.4 Å². The van der Waals surface area contributed by atoms with Crippen LogP contribution in [0.4, 0.5) is 0 Å². The lowest BCUT2D eigenvalue weighted by molar-refractivity contribution is -0.216. The Kier molecular flexibility index (Phi) is 13.5. The maximum absolute atomic E-state index is 13.9. The summed E-state index contributed by atoms with van der Waals surface area (Å²) in [5, 5.41) is 11.9. The fraction of sp³-hybridized carbons (Fsp3) is 0.660. The van der Waals surface area contributed by atoms with E-state index < -0.39 is 59.3 Å². The first-order valence-electron chi connectivity index (χ1n) is 21.8. The first-order valence-corrected chi connectivity index (χ1v) is 21.8. The average Bonchev–Trinajstić information content (AvgIpc) is 4.05. The number of fused-ring (bicyclic) bond motifs is 6. The third-order valence-corrected chi connectivity index (χ3v) is 14.4. The largest absolute Gasteiger partial charge is 0.390 e. The van der Waals surface area contributed by atoms with Crippen LogP contribution in [0, 0.1) is 28.6 Å². The minimum atomic E-state index is -1.10. The number of nitrogens with zero attached hydrogens (tertiary/aromatic N) is 2. The number of aliphatic hydroxyl groups excluding tert-OH is 1. The van der Waals surface area contributed by atoms with Gasteiger partial charge in [0.25, 0.3) is 0 Å². The van der Waals surface area contributed by atoms with Crippen LogP contribution in [0.25, 0.3) is 0 Å². The van der Waals surface area contributed by atoms with Crippen LogP contribution in [-0.4, -0.2) is 99.6 Å². The molecule has 6 fully saturated rings. The molecule has 6 saturated heterocycles. The second-order valence-electron chi connectivity index (χ2n) is 20.4. The lowest BCUT2D eigenvalue weighted by atomic mass is 9.69. The zero-order valence-corrected chi connectivity index (χ0v) is 36.5. The number of carbonyl (C=O) groups excluding carboxylic acids is 3. The van der Waals surface area contributed by atoms with Gasteiger partial charge in [-0.2, -0.15) is 0 Å². The molecule has 0 radical (unpaired) electrons. The van der Waals surface area contributed by atoms with Crippen LogP contribution in [0.3, 0.4) is 0 Å². The predicted molar refractivity (Wildman–Crippen MR) is 235 cm³/mol. The van der Waals surface area contributed by atoms with Gasteiger partial charge in [0.1, 0.15) is 29.2 Å². The van der Waals surface area contributed by atoms with Crippen molar-refractivity contribution in [2.24, 2.45) is 28.6 Å². The van der Waals surface area contributed by atoms with Crippen LogP contribution in [0.1, 0.15) is 113 Å². The summed E-state index contributed by atoms with van der Waals surface area (Å²) in [6, 6.07) is 19.8. The highest BCUT2D eigenvalue weighted by molar-refractivity contribution is 5.92. The summed E-state index contributed by atoms with van der Waals surface area (Å²) >= 11 is 0. The Labute approximate surface area is 369 Å². The maximum atomic E-state index is 13.9. The third-order valence-electron chi connectivity index (χ3n) is 14.4. The molecule has 2 aromatic carbocycles. The molecule has 2 amide bonds. The zero-order chi connectivity index (χ0) is 42.9. The van der Waals surface area contributed by atoms with Gasteiger partial charge >= 0.3 is 0 Å². The van der Waals surface area contributed by atoms with Gasteiger partial charge in [-0.1, -0.05) is 129 Å². The number of hydrogen-bond donors (Lipinski definition) is 1. The Balaban J connectivity index is 0.000000204. The summed E-state index contributed by atoms with van der Waals surface area (Å²) in [7, 11) is 0. The molecule has 1 N–H and O–H groups in total. The molecule has 9 rings (SSSR count). The van der Waals surface area contributed by atoms with E-state index in [2.05, 4.69) is 32.9 Å². The maximum Gasteiger partial charge on any atom is 0.231 e. The average molecular weight is 861 g/mol. The van der Waals surface area contributed by atoms with Gasteiger partial charge in [-0.3, -0.25) is 14.5 Å². The number of ether oxygens (including phenoxy) is 6. The van der Waals surface area contributed by atoms with Crippen LogP contribution >= 0.6 is 0 Å². The topological polar surface area (TPSA) is 133 Å². The van der Waals surface area contributed by atoms with Gasteiger partial charge in [0.05, 0.1) is 44.4 Å². The Bertz CT molecular complexity index is 1930. The van der Waals surface area contributed by atoms with E-state index in [1.54, 1.807) is 4.90 Å². The second-order valence-corrected chi connectivity index (χ2v) is 20.4. The number of amides is 2. The van der Waals surface area contributed by atoms with Gasteiger partial charge in [0, 0.05) is 29.6 Å². The van der Waals surface area contributed by atoms with Crippen molar-refractivity contribution in [3.8, 4) is 0 Å². The van der Waals surface area contributed by atoms with Crippen LogP contribution in [0.5, 0.6) is 0 Å². The first-order chi connectivity index (χ1) is 28.4. The van der Waals surface area contributed by atoms with E-state index in [1.165, 1.54) is 0 Å². The fourth-order valence-corrected chi connectivity index (χ4v) is 11.2. The second kappa shape index (κ2) is 17.5. The molecule has 2 unspecified atom stereocenters. The van der Waals surface area contributed by atoms with Crippen molar-refractivity contribution in [2.75, 3.05) is 13.2 Å². The van der Waals surface area contributed by atoms with Gasteiger partial charge in [-0.25, -0.2) is 0 Å². The van der Waals surface area contributed by atoms with Gasteiger partial charge in [-0.15, -0.1) is 0 Å². The van der Waals surface area contributed by atoms with E-state index >= 15 is 0 Å². The normalized spacial score (nSPS) is 37.4. The van der Waals surface area contributed by atoms with E-state index in [0.29, 0.717) is 26.1 Å². The van der Waals surface area contributed by atoms with Gasteiger partial charge in [0.15, 0.2) is 24.4 Å². The molecule has 0 spiro atoms. The number of benzene rings is 2. The highest BCUT2D eigenvalue weighted by Gasteiger charge is 2.78. The highest BCUT2D eigenvalue weighted by Crippen LogP contribution is 2.61. The summed E-state index contributed by atoms with van der Waals surface area (Å²) in [4.78, 5) is 43.0. The van der Waals surface area contributed by atoms with Crippen molar-refractivity contribution in [3.05, 3.63) is 83.9 Å². The molecule has 6 heterocycles. The first kappa shape index (κ1) is 48.0. The fourth-order valence-electron chi connectivity index (χ4n) is 11.2. The van der Waals surface area contributed by atoms with Crippen molar-refractivity contribution in [3.63, 3.8) is 0 Å². The van der Waals surface area contributed by atoms with E-state index in [1.807, 2.05) is 100 Å². The number of hydrogen-bond acceptors (Lipinski definition) is 10. The number of allylic oxidation sites excluding steroid dienone is 1. The Hall–Kier alpha value is -3.49. The number of aliphatic hydroxyl groups is 1. The summed E-state index contributed by atoms with van der Waals surface area (Å²) in [5.74, 6) is -0.862. The molecule has 12 nitrogen and oxygen atoms in total. The molecule has 0 aromatic heterocycles.